The molecule has 217 valence electrons. The van der Waals surface area contributed by atoms with Crippen molar-refractivity contribution in [3.05, 3.63) is 114 Å². The number of aromatic nitrogens is 2. The fraction of sp³-hybridized carbons (Fsp3) is 0.222. The molecule has 0 spiro atoms. The Morgan fingerprint density at radius 3 is 2.43 bits per heavy atom. The summed E-state index contributed by atoms with van der Waals surface area (Å²) in [7, 11) is -1.85. The predicted molar refractivity (Wildman–Crippen MR) is 176 cm³/mol. The van der Waals surface area contributed by atoms with E-state index in [4.69, 9.17) is 8.22 Å². The summed E-state index contributed by atoms with van der Waals surface area (Å²) >= 11 is 1.67. The van der Waals surface area contributed by atoms with Gasteiger partial charge < -0.3 is 9.97 Å². The Kier molecular flexibility index (Phi) is 7.61. The van der Waals surface area contributed by atoms with Crippen LogP contribution >= 0.6 is 11.3 Å². The summed E-state index contributed by atoms with van der Waals surface area (Å²) in [6.07, 6.45) is 3.50. The maximum Gasteiger partial charge on any atom is 0.123 e. The monoisotopic (exact) mass is 773 g/mol. The first-order chi connectivity index (χ1) is 21.9. The van der Waals surface area contributed by atoms with Gasteiger partial charge in [0.2, 0.25) is 0 Å². The molecule has 6 rings (SSSR count). The van der Waals surface area contributed by atoms with E-state index in [1.165, 1.54) is 23.8 Å². The largest absolute Gasteiger partial charge is 0.305 e. The first-order valence-corrected chi connectivity index (χ1v) is 17.8. The third-order valence-electron chi connectivity index (χ3n) is 6.90. The number of hydrogen-bond donors (Lipinski definition) is 0. The Balaban J connectivity index is 0.000000212. The molecule has 0 aliphatic carbocycles. The summed E-state index contributed by atoms with van der Waals surface area (Å²) in [5.74, 6) is 0.249. The molecule has 0 aliphatic heterocycles. The average molecular weight is 773 g/mol. The van der Waals surface area contributed by atoms with E-state index in [1.54, 1.807) is 35.7 Å². The number of nitrogens with zero attached hydrogens (tertiary/aromatic N) is 2. The molecule has 1 radical (unpaired) electrons. The second-order valence-electron chi connectivity index (χ2n) is 11.3. The van der Waals surface area contributed by atoms with Crippen molar-refractivity contribution in [2.45, 2.75) is 53.1 Å². The van der Waals surface area contributed by atoms with Crippen LogP contribution in [0, 0.1) is 31.7 Å². The van der Waals surface area contributed by atoms with E-state index in [0.29, 0.717) is 22.7 Å². The molecule has 0 amide bonds. The van der Waals surface area contributed by atoms with Crippen molar-refractivity contribution in [1.82, 2.24) is 9.97 Å². The zero-order valence-electron chi connectivity index (χ0n) is 30.1. The summed E-state index contributed by atoms with van der Waals surface area (Å²) in [6, 6.07) is 25.4. The smallest absolute Gasteiger partial charge is 0.123 e. The maximum absolute atomic E-state index is 13.6. The van der Waals surface area contributed by atoms with Crippen LogP contribution in [-0.4, -0.2) is 18.0 Å². The normalized spacial score (nSPS) is 14.1. The van der Waals surface area contributed by atoms with Gasteiger partial charge in [-0.05, 0) is 63.7 Å². The van der Waals surface area contributed by atoms with Gasteiger partial charge in [0.25, 0.3) is 0 Å². The van der Waals surface area contributed by atoms with Gasteiger partial charge in [-0.3, -0.25) is 0 Å². The molecule has 0 saturated carbocycles. The summed E-state index contributed by atoms with van der Waals surface area (Å²) < 4.78 is 61.4. The molecule has 6 aromatic rings. The second kappa shape index (κ2) is 13.1. The van der Waals surface area contributed by atoms with Crippen LogP contribution < -0.4 is 5.19 Å². The summed E-state index contributed by atoms with van der Waals surface area (Å²) in [5, 5.41) is 2.83. The second-order valence-corrected chi connectivity index (χ2v) is 17.4. The number of thiophene rings is 1. The molecule has 0 saturated heterocycles. The van der Waals surface area contributed by atoms with Gasteiger partial charge in [-0.2, -0.15) is 11.3 Å². The Morgan fingerprint density at radius 1 is 0.905 bits per heavy atom. The van der Waals surface area contributed by atoms with Gasteiger partial charge in [-0.25, -0.2) is 4.39 Å². The molecule has 0 bridgehead atoms. The van der Waals surface area contributed by atoms with Crippen LogP contribution in [0.5, 0.6) is 0 Å². The molecule has 0 aliphatic rings. The molecule has 3 aromatic carbocycles. The van der Waals surface area contributed by atoms with Crippen LogP contribution in [-0.2, 0) is 20.1 Å². The molecule has 42 heavy (non-hydrogen) atoms. The summed E-state index contributed by atoms with van der Waals surface area (Å²) in [5.41, 5.74) is 4.75. The molecule has 0 N–H and O–H groups in total. The topological polar surface area (TPSA) is 25.8 Å². The van der Waals surface area contributed by atoms with E-state index in [2.05, 4.69) is 67.7 Å². The van der Waals surface area contributed by atoms with Crippen molar-refractivity contribution in [3.8, 4) is 22.5 Å². The van der Waals surface area contributed by atoms with Crippen LogP contribution in [0.25, 0.3) is 42.7 Å². The molecule has 3 aromatic heterocycles. The number of aryl methyl sites for hydroxylation is 2. The standard InChI is InChI=1S/C20H15FNS.C16H20NSi.Ir/c1-12(2)13-8-9-22-18(10-13)16-5-3-4-15-17-11-14(21)6-7-19(17)23-20(15)16;1-12-6-8-14(9-7-12)15-10-13(2)16(11-17-15)18(3,4)5;/h3-4,6-12H,1-2H3;6-8,10-11H,1-5H3;/q2*-1;/i;1D3,2D3;. The quantitative estimate of drug-likeness (QED) is 0.132. The van der Waals surface area contributed by atoms with Gasteiger partial charge in [-0.1, -0.05) is 69.0 Å². The third kappa shape index (κ3) is 6.95. The number of rotatable bonds is 4. The number of pyridine rings is 2. The fourth-order valence-electron chi connectivity index (χ4n) is 4.63. The van der Waals surface area contributed by atoms with E-state index < -0.39 is 21.8 Å². The van der Waals surface area contributed by atoms with Gasteiger partial charge in [0.05, 0.1) is 8.07 Å². The number of fused-ring (bicyclic) bond motifs is 3. The van der Waals surface area contributed by atoms with Crippen LogP contribution in [0.4, 0.5) is 4.39 Å². The predicted octanol–water partition coefficient (Wildman–Crippen LogP) is 9.89. The molecule has 0 unspecified atom stereocenters. The summed E-state index contributed by atoms with van der Waals surface area (Å²) in [4.78, 5) is 8.93. The van der Waals surface area contributed by atoms with Crippen molar-refractivity contribution in [1.29, 1.82) is 0 Å². The minimum Gasteiger partial charge on any atom is -0.305 e. The molecule has 2 nitrogen and oxygen atoms in total. The third-order valence-corrected chi connectivity index (χ3v) is 10.1. The average Bonchev–Trinajstić information content (AvgIpc) is 3.38. The van der Waals surface area contributed by atoms with Crippen LogP contribution in [0.1, 0.15) is 44.7 Å². The van der Waals surface area contributed by atoms with Crippen molar-refractivity contribution in [2.75, 3.05) is 0 Å². The Labute approximate surface area is 275 Å². The van der Waals surface area contributed by atoms with E-state index in [1.807, 2.05) is 24.4 Å². The van der Waals surface area contributed by atoms with Crippen molar-refractivity contribution < 1.29 is 32.7 Å². The van der Waals surface area contributed by atoms with Gasteiger partial charge in [0.15, 0.2) is 0 Å². The van der Waals surface area contributed by atoms with Gasteiger partial charge in [0.1, 0.15) is 5.82 Å². The van der Waals surface area contributed by atoms with Crippen LogP contribution in [0.3, 0.4) is 0 Å². The molecule has 0 fully saturated rings. The maximum atomic E-state index is 13.6. The number of benzene rings is 3. The number of hydrogen-bond acceptors (Lipinski definition) is 3. The van der Waals surface area contributed by atoms with Gasteiger partial charge >= 0.3 is 0 Å². The molecular formula is C36H35FIrN2SSi-2. The SMILES string of the molecule is CC(C)c1ccnc(-c2[c-]ccc3c2sc2ccc(F)cc23)c1.[2H]C([2H])([2H])c1c[c-]c(-c2cc(C([2H])([2H])[2H])c([Si](C)(C)C)cn2)cc1.[Ir]. The Morgan fingerprint density at radius 2 is 1.74 bits per heavy atom. The fourth-order valence-corrected chi connectivity index (χ4v) is 7.15. The minimum atomic E-state index is -2.22. The molecule has 3 heterocycles. The Hall–Kier alpha value is -3.02. The zero-order chi connectivity index (χ0) is 34.3. The van der Waals surface area contributed by atoms with Gasteiger partial charge in [0, 0.05) is 45.4 Å². The number of halogens is 1. The van der Waals surface area contributed by atoms with E-state index in [-0.39, 0.29) is 31.5 Å². The molecule has 6 heteroatoms. The van der Waals surface area contributed by atoms with Crippen molar-refractivity contribution >= 4 is 44.8 Å². The van der Waals surface area contributed by atoms with Crippen LogP contribution in [0.2, 0.25) is 19.6 Å². The van der Waals surface area contributed by atoms with E-state index in [9.17, 15) is 4.39 Å². The molecule has 0 atom stereocenters. The van der Waals surface area contributed by atoms with Crippen molar-refractivity contribution in [3.63, 3.8) is 0 Å². The van der Waals surface area contributed by atoms with Gasteiger partial charge in [-0.15, -0.1) is 59.2 Å². The van der Waals surface area contributed by atoms with E-state index in [0.717, 1.165) is 36.6 Å². The zero-order valence-corrected chi connectivity index (χ0v) is 28.3. The van der Waals surface area contributed by atoms with Crippen LogP contribution in [0.15, 0.2) is 79.1 Å². The molecular weight excluding hydrogens is 732 g/mol. The minimum absolute atomic E-state index is 0. The first kappa shape index (κ1) is 24.4. The summed E-state index contributed by atoms with van der Waals surface area (Å²) in [6.45, 7) is 6.18. The van der Waals surface area contributed by atoms with Crippen molar-refractivity contribution in [2.24, 2.45) is 0 Å². The van der Waals surface area contributed by atoms with E-state index >= 15 is 0 Å². The first-order valence-electron chi connectivity index (χ1n) is 16.5. The Bertz CT molecular complexity index is 2050.